The predicted octanol–water partition coefficient (Wildman–Crippen LogP) is 3.39. The molecule has 1 fully saturated rings. The number of hydrogen-bond donors (Lipinski definition) is 1. The number of likely N-dealkylation sites (tertiary alicyclic amines) is 1. The van der Waals surface area contributed by atoms with Gasteiger partial charge in [-0.2, -0.15) is 0 Å². The van der Waals surface area contributed by atoms with Crippen LogP contribution in [0.25, 0.3) is 10.9 Å². The van der Waals surface area contributed by atoms with Crippen molar-refractivity contribution in [3.63, 3.8) is 0 Å². The maximum Gasteiger partial charge on any atom is 0.261 e. The molecule has 0 bridgehead atoms. The molecule has 0 aliphatic carbocycles. The van der Waals surface area contributed by atoms with Crippen molar-refractivity contribution >= 4 is 10.9 Å². The summed E-state index contributed by atoms with van der Waals surface area (Å²) in [5.74, 6) is -3.17. The van der Waals surface area contributed by atoms with Gasteiger partial charge in [-0.15, -0.1) is 0 Å². The van der Waals surface area contributed by atoms with E-state index in [1.165, 1.54) is 6.07 Å². The molecular formula is C16H19F3N2O. The van der Waals surface area contributed by atoms with Crippen molar-refractivity contribution in [2.24, 2.45) is 0 Å². The second kappa shape index (κ2) is 5.50. The van der Waals surface area contributed by atoms with Crippen molar-refractivity contribution in [2.45, 2.75) is 32.2 Å². The quantitative estimate of drug-likeness (QED) is 0.937. The molecule has 120 valence electrons. The minimum Gasteiger partial charge on any atom is -0.507 e. The molecule has 3 rings (SSSR count). The first-order chi connectivity index (χ1) is 10.4. The Morgan fingerprint density at radius 1 is 1.32 bits per heavy atom. The number of aromatic hydroxyl groups is 1. The van der Waals surface area contributed by atoms with E-state index in [1.54, 1.807) is 4.90 Å². The Hall–Kier alpha value is -1.69. The maximum atomic E-state index is 13.5. The Morgan fingerprint density at radius 2 is 2.09 bits per heavy atom. The molecule has 2 heterocycles. The average molecular weight is 312 g/mol. The van der Waals surface area contributed by atoms with E-state index in [1.807, 2.05) is 17.7 Å². The summed E-state index contributed by atoms with van der Waals surface area (Å²) in [6.45, 7) is 3.28. The van der Waals surface area contributed by atoms with E-state index in [0.717, 1.165) is 11.6 Å². The van der Waals surface area contributed by atoms with Crippen LogP contribution in [-0.2, 0) is 13.0 Å². The van der Waals surface area contributed by atoms with Gasteiger partial charge in [0.2, 0.25) is 0 Å². The molecule has 3 nitrogen and oxygen atoms in total. The minimum atomic E-state index is -2.59. The Labute approximate surface area is 126 Å². The molecule has 0 spiro atoms. The van der Waals surface area contributed by atoms with Crippen molar-refractivity contribution < 1.29 is 18.3 Å². The number of hydrogen-bond acceptors (Lipinski definition) is 2. The number of alkyl halides is 2. The van der Waals surface area contributed by atoms with Crippen molar-refractivity contribution in [3.8, 4) is 5.75 Å². The van der Waals surface area contributed by atoms with Crippen LogP contribution in [0.3, 0.4) is 0 Å². The molecule has 1 aliphatic rings. The fourth-order valence-electron chi connectivity index (χ4n) is 3.18. The van der Waals surface area contributed by atoms with E-state index in [0.29, 0.717) is 37.0 Å². The lowest BCUT2D eigenvalue weighted by atomic mass is 10.1. The second-order valence-electron chi connectivity index (χ2n) is 5.89. The summed E-state index contributed by atoms with van der Waals surface area (Å²) in [5, 5.41) is 10.6. The lowest BCUT2D eigenvalue weighted by Gasteiger charge is -2.15. The Bertz CT molecular complexity index is 696. The number of fused-ring (bicyclic) bond motifs is 1. The highest BCUT2D eigenvalue weighted by Crippen LogP contribution is 2.32. The molecule has 0 radical (unpaired) electrons. The van der Waals surface area contributed by atoms with E-state index in [-0.39, 0.29) is 18.7 Å². The summed E-state index contributed by atoms with van der Waals surface area (Å²) in [6, 6.07) is 2.49. The first-order valence-corrected chi connectivity index (χ1v) is 7.50. The van der Waals surface area contributed by atoms with Gasteiger partial charge < -0.3 is 9.67 Å². The van der Waals surface area contributed by atoms with Crippen LogP contribution >= 0.6 is 0 Å². The summed E-state index contributed by atoms with van der Waals surface area (Å²) in [4.78, 5) is 1.73. The van der Waals surface area contributed by atoms with Crippen molar-refractivity contribution in [1.82, 2.24) is 9.47 Å². The number of nitrogens with zero attached hydrogens (tertiary/aromatic N) is 2. The highest BCUT2D eigenvalue weighted by molar-refractivity contribution is 5.89. The van der Waals surface area contributed by atoms with Crippen LogP contribution in [-0.4, -0.2) is 40.1 Å². The third kappa shape index (κ3) is 2.79. The summed E-state index contributed by atoms with van der Waals surface area (Å²) in [5.41, 5.74) is 1.51. The highest BCUT2D eigenvalue weighted by Gasteiger charge is 2.37. The third-order valence-electron chi connectivity index (χ3n) is 4.29. The molecule has 6 heteroatoms. The first kappa shape index (κ1) is 15.2. The molecule has 0 saturated carbocycles. The number of phenols is 1. The first-order valence-electron chi connectivity index (χ1n) is 7.50. The smallest absolute Gasteiger partial charge is 0.261 e. The van der Waals surface area contributed by atoms with Crippen molar-refractivity contribution in [3.05, 3.63) is 29.7 Å². The van der Waals surface area contributed by atoms with E-state index in [4.69, 9.17) is 0 Å². The van der Waals surface area contributed by atoms with E-state index in [2.05, 4.69) is 0 Å². The molecule has 1 aromatic carbocycles. The standard InChI is InChI=1S/C16H19F3N2O/c1-2-21-9-11(3-5-20-6-4-16(18,19)10-20)15-13(21)7-12(17)8-14(15)22/h7-9,22H,2-6,10H2,1H3. The monoisotopic (exact) mass is 312 g/mol. The number of aromatic nitrogens is 1. The zero-order chi connectivity index (χ0) is 15.9. The normalized spacial score (nSPS) is 18.4. The largest absolute Gasteiger partial charge is 0.507 e. The molecule has 1 aliphatic heterocycles. The van der Waals surface area contributed by atoms with Crippen molar-refractivity contribution in [2.75, 3.05) is 19.6 Å². The van der Waals surface area contributed by atoms with Gasteiger partial charge in [-0.3, -0.25) is 4.90 Å². The molecule has 0 unspecified atom stereocenters. The van der Waals surface area contributed by atoms with Gasteiger partial charge in [-0.05, 0) is 25.0 Å². The summed E-state index contributed by atoms with van der Waals surface area (Å²) < 4.78 is 41.8. The third-order valence-corrected chi connectivity index (χ3v) is 4.29. The van der Waals surface area contributed by atoms with Crippen molar-refractivity contribution in [1.29, 1.82) is 0 Å². The molecule has 0 atom stereocenters. The summed E-state index contributed by atoms with van der Waals surface area (Å²) in [7, 11) is 0. The molecule has 22 heavy (non-hydrogen) atoms. The van der Waals surface area contributed by atoms with Gasteiger partial charge >= 0.3 is 0 Å². The summed E-state index contributed by atoms with van der Waals surface area (Å²) in [6.07, 6.45) is 2.33. The van der Waals surface area contributed by atoms with Gasteiger partial charge in [-0.25, -0.2) is 13.2 Å². The molecule has 1 N–H and O–H groups in total. The van der Waals surface area contributed by atoms with E-state index < -0.39 is 11.7 Å². The number of rotatable bonds is 4. The lowest BCUT2D eigenvalue weighted by Crippen LogP contribution is -2.27. The topological polar surface area (TPSA) is 28.4 Å². The van der Waals surface area contributed by atoms with E-state index >= 15 is 0 Å². The second-order valence-corrected chi connectivity index (χ2v) is 5.89. The number of benzene rings is 1. The van der Waals surface area contributed by atoms with Gasteiger partial charge in [0.05, 0.1) is 12.1 Å². The van der Waals surface area contributed by atoms with Gasteiger partial charge in [0, 0.05) is 43.7 Å². The van der Waals surface area contributed by atoms with Crippen LogP contribution in [0.15, 0.2) is 18.3 Å². The minimum absolute atomic E-state index is 0.0936. The lowest BCUT2D eigenvalue weighted by molar-refractivity contribution is 0.0123. The van der Waals surface area contributed by atoms with Gasteiger partial charge in [0.25, 0.3) is 5.92 Å². The highest BCUT2D eigenvalue weighted by atomic mass is 19.3. The fourth-order valence-corrected chi connectivity index (χ4v) is 3.18. The average Bonchev–Trinajstić information content (AvgIpc) is 2.96. The molecule has 1 aromatic heterocycles. The zero-order valence-electron chi connectivity index (χ0n) is 12.5. The van der Waals surface area contributed by atoms with Gasteiger partial charge in [-0.1, -0.05) is 0 Å². The molecule has 2 aromatic rings. The van der Waals surface area contributed by atoms with Crippen LogP contribution in [0.4, 0.5) is 13.2 Å². The summed E-state index contributed by atoms with van der Waals surface area (Å²) >= 11 is 0. The van der Waals surface area contributed by atoms with E-state index in [9.17, 15) is 18.3 Å². The van der Waals surface area contributed by atoms with Crippen LogP contribution in [0, 0.1) is 5.82 Å². The van der Waals surface area contributed by atoms with Crippen LogP contribution in [0.2, 0.25) is 0 Å². The number of phenolic OH excluding ortho intramolecular Hbond substituents is 1. The van der Waals surface area contributed by atoms with Crippen LogP contribution in [0.1, 0.15) is 18.9 Å². The van der Waals surface area contributed by atoms with Crippen LogP contribution in [0.5, 0.6) is 5.75 Å². The predicted molar refractivity (Wildman–Crippen MR) is 78.9 cm³/mol. The van der Waals surface area contributed by atoms with Gasteiger partial charge in [0.1, 0.15) is 11.6 Å². The molecule has 1 saturated heterocycles. The van der Waals surface area contributed by atoms with Crippen LogP contribution < -0.4 is 0 Å². The fraction of sp³-hybridized carbons (Fsp3) is 0.500. The zero-order valence-corrected chi connectivity index (χ0v) is 12.5. The number of halogens is 3. The molecular weight excluding hydrogens is 293 g/mol. The van der Waals surface area contributed by atoms with Gasteiger partial charge in [0.15, 0.2) is 0 Å². The molecule has 0 amide bonds. The maximum absolute atomic E-state index is 13.5. The Kier molecular flexibility index (Phi) is 3.80. The Balaban J connectivity index is 1.85. The number of aryl methyl sites for hydroxylation is 1. The Morgan fingerprint density at radius 3 is 2.73 bits per heavy atom. The SMILES string of the molecule is CCn1cc(CCN2CCC(F)(F)C2)c2c(O)cc(F)cc21.